The second-order valence-electron chi connectivity index (χ2n) is 5.10. The summed E-state index contributed by atoms with van der Waals surface area (Å²) in [7, 11) is 0. The van der Waals surface area contributed by atoms with Gasteiger partial charge < -0.3 is 10.2 Å². The summed E-state index contributed by atoms with van der Waals surface area (Å²) >= 11 is 6.19. The molecule has 1 aromatic rings. The van der Waals surface area contributed by atoms with Crippen LogP contribution in [0.25, 0.3) is 0 Å². The average Bonchev–Trinajstić information content (AvgIpc) is 2.72. The lowest BCUT2D eigenvalue weighted by Crippen LogP contribution is -2.45. The number of halogens is 1. The standard InChI is InChI=1S/C14H17ClN2O/c1-9-12(15)3-2-10-8-13(18)17(14(9)10)11-4-6-16-7-5-11/h2-3,11,16H,4-8H2,1H3. The highest BCUT2D eigenvalue weighted by molar-refractivity contribution is 6.32. The first-order valence-electron chi connectivity index (χ1n) is 6.49. The van der Waals surface area contributed by atoms with Gasteiger partial charge in [0.1, 0.15) is 0 Å². The Hall–Kier alpha value is -1.06. The van der Waals surface area contributed by atoms with E-state index in [0.29, 0.717) is 12.5 Å². The lowest BCUT2D eigenvalue weighted by Gasteiger charge is -2.33. The van der Waals surface area contributed by atoms with Crippen molar-refractivity contribution in [2.75, 3.05) is 18.0 Å². The second kappa shape index (κ2) is 4.56. The third kappa shape index (κ3) is 1.82. The maximum atomic E-state index is 12.3. The monoisotopic (exact) mass is 264 g/mol. The fourth-order valence-corrected chi connectivity index (χ4v) is 3.19. The zero-order valence-corrected chi connectivity index (χ0v) is 11.3. The molecule has 0 bridgehead atoms. The number of piperidine rings is 1. The average molecular weight is 265 g/mol. The highest BCUT2D eigenvalue weighted by atomic mass is 35.5. The van der Waals surface area contributed by atoms with Crippen molar-refractivity contribution >= 4 is 23.2 Å². The first-order valence-corrected chi connectivity index (χ1v) is 6.87. The molecule has 0 spiro atoms. The predicted octanol–water partition coefficient (Wildman–Crippen LogP) is 2.29. The van der Waals surface area contributed by atoms with Crippen molar-refractivity contribution in [3.05, 3.63) is 28.3 Å². The molecule has 2 aliphatic rings. The number of carbonyl (C=O) groups excluding carboxylic acids is 1. The van der Waals surface area contributed by atoms with Crippen LogP contribution in [0.1, 0.15) is 24.0 Å². The lowest BCUT2D eigenvalue weighted by molar-refractivity contribution is -0.117. The number of amides is 1. The van der Waals surface area contributed by atoms with Gasteiger partial charge in [-0.25, -0.2) is 0 Å². The van der Waals surface area contributed by atoms with Crippen LogP contribution in [-0.4, -0.2) is 25.0 Å². The molecular formula is C14H17ClN2O. The van der Waals surface area contributed by atoms with Crippen LogP contribution < -0.4 is 10.2 Å². The number of benzene rings is 1. The fourth-order valence-electron chi connectivity index (χ4n) is 3.03. The highest BCUT2D eigenvalue weighted by Gasteiger charge is 2.35. The van der Waals surface area contributed by atoms with Crippen molar-refractivity contribution in [2.24, 2.45) is 0 Å². The van der Waals surface area contributed by atoms with Crippen LogP contribution in [0.3, 0.4) is 0 Å². The molecule has 4 heteroatoms. The molecule has 96 valence electrons. The summed E-state index contributed by atoms with van der Waals surface area (Å²) in [6.07, 6.45) is 2.57. The van der Waals surface area contributed by atoms with Gasteiger partial charge in [0.05, 0.1) is 12.1 Å². The van der Waals surface area contributed by atoms with Gasteiger partial charge in [-0.3, -0.25) is 4.79 Å². The van der Waals surface area contributed by atoms with Gasteiger partial charge in [-0.2, -0.15) is 0 Å². The molecule has 0 saturated carbocycles. The molecular weight excluding hydrogens is 248 g/mol. The zero-order chi connectivity index (χ0) is 12.7. The van der Waals surface area contributed by atoms with Crippen molar-refractivity contribution in [3.63, 3.8) is 0 Å². The SMILES string of the molecule is Cc1c(Cl)ccc2c1N(C1CCNCC1)C(=O)C2. The minimum Gasteiger partial charge on any atom is -0.317 e. The Balaban J connectivity index is 2.02. The Labute approximate surface area is 112 Å². The topological polar surface area (TPSA) is 32.3 Å². The lowest BCUT2D eigenvalue weighted by atomic mass is 10.0. The summed E-state index contributed by atoms with van der Waals surface area (Å²) in [6, 6.07) is 4.22. The van der Waals surface area contributed by atoms with Crippen LogP contribution in [0.5, 0.6) is 0 Å². The van der Waals surface area contributed by atoms with E-state index in [4.69, 9.17) is 11.6 Å². The number of hydrogen-bond donors (Lipinski definition) is 1. The van der Waals surface area contributed by atoms with E-state index >= 15 is 0 Å². The Morgan fingerprint density at radius 2 is 2.06 bits per heavy atom. The van der Waals surface area contributed by atoms with E-state index in [1.165, 1.54) is 0 Å². The van der Waals surface area contributed by atoms with Crippen LogP contribution in [0.4, 0.5) is 5.69 Å². The first-order chi connectivity index (χ1) is 8.68. The van der Waals surface area contributed by atoms with Crippen molar-refractivity contribution in [2.45, 2.75) is 32.2 Å². The van der Waals surface area contributed by atoms with Crippen molar-refractivity contribution < 1.29 is 4.79 Å². The normalized spacial score (nSPS) is 20.3. The number of fused-ring (bicyclic) bond motifs is 1. The van der Waals surface area contributed by atoms with Gasteiger partial charge in [0.15, 0.2) is 0 Å². The highest BCUT2D eigenvalue weighted by Crippen LogP contribution is 2.38. The van der Waals surface area contributed by atoms with Gasteiger partial charge in [0.25, 0.3) is 0 Å². The third-order valence-corrected chi connectivity index (χ3v) is 4.38. The number of hydrogen-bond acceptors (Lipinski definition) is 2. The van der Waals surface area contributed by atoms with Gasteiger partial charge in [0.2, 0.25) is 5.91 Å². The number of anilines is 1. The fraction of sp³-hybridized carbons (Fsp3) is 0.500. The van der Waals surface area contributed by atoms with E-state index in [-0.39, 0.29) is 5.91 Å². The minimum absolute atomic E-state index is 0.224. The first kappa shape index (κ1) is 12.0. The van der Waals surface area contributed by atoms with Crippen molar-refractivity contribution in [1.29, 1.82) is 0 Å². The molecule has 0 unspecified atom stereocenters. The molecule has 0 atom stereocenters. The molecule has 0 radical (unpaired) electrons. The van der Waals surface area contributed by atoms with E-state index in [9.17, 15) is 4.79 Å². The predicted molar refractivity (Wildman–Crippen MR) is 73.3 cm³/mol. The third-order valence-electron chi connectivity index (χ3n) is 3.97. The van der Waals surface area contributed by atoms with Crippen molar-refractivity contribution in [1.82, 2.24) is 5.32 Å². The molecule has 0 aliphatic carbocycles. The van der Waals surface area contributed by atoms with Crippen LogP contribution in [0.2, 0.25) is 5.02 Å². The maximum Gasteiger partial charge on any atom is 0.231 e. The molecule has 2 heterocycles. The van der Waals surface area contributed by atoms with Crippen molar-refractivity contribution in [3.8, 4) is 0 Å². The number of carbonyl (C=O) groups is 1. The Kier molecular flexibility index (Phi) is 3.04. The summed E-state index contributed by atoms with van der Waals surface area (Å²) in [6.45, 7) is 3.99. The van der Waals surface area contributed by atoms with Gasteiger partial charge in [-0.1, -0.05) is 17.7 Å². The van der Waals surface area contributed by atoms with E-state index in [2.05, 4.69) is 5.32 Å². The molecule has 18 heavy (non-hydrogen) atoms. The summed E-state index contributed by atoms with van der Waals surface area (Å²) in [4.78, 5) is 14.3. The smallest absolute Gasteiger partial charge is 0.231 e. The Morgan fingerprint density at radius 1 is 1.33 bits per heavy atom. The zero-order valence-electron chi connectivity index (χ0n) is 10.5. The second-order valence-corrected chi connectivity index (χ2v) is 5.51. The summed E-state index contributed by atoms with van der Waals surface area (Å²) < 4.78 is 0. The molecule has 3 nitrogen and oxygen atoms in total. The van der Waals surface area contributed by atoms with Crippen LogP contribution in [0.15, 0.2) is 12.1 Å². The molecule has 1 aromatic carbocycles. The molecule has 3 rings (SSSR count). The number of rotatable bonds is 1. The number of nitrogens with one attached hydrogen (secondary N) is 1. The molecule has 1 saturated heterocycles. The number of nitrogens with zero attached hydrogens (tertiary/aromatic N) is 1. The van der Waals surface area contributed by atoms with Gasteiger partial charge in [-0.05, 0) is 50.0 Å². The molecule has 1 fully saturated rings. The largest absolute Gasteiger partial charge is 0.317 e. The van der Waals surface area contributed by atoms with E-state index in [1.807, 2.05) is 24.0 Å². The van der Waals surface area contributed by atoms with Crippen LogP contribution >= 0.6 is 11.6 Å². The Bertz CT molecular complexity index is 495. The van der Waals surface area contributed by atoms with Crippen LogP contribution in [0, 0.1) is 6.92 Å². The van der Waals surface area contributed by atoms with E-state index in [1.54, 1.807) is 0 Å². The minimum atomic E-state index is 0.224. The molecule has 1 amide bonds. The van der Waals surface area contributed by atoms with E-state index in [0.717, 1.165) is 47.8 Å². The van der Waals surface area contributed by atoms with Gasteiger partial charge >= 0.3 is 0 Å². The maximum absolute atomic E-state index is 12.3. The summed E-state index contributed by atoms with van der Waals surface area (Å²) in [5.41, 5.74) is 3.23. The Morgan fingerprint density at radius 3 is 2.78 bits per heavy atom. The molecule has 0 aromatic heterocycles. The summed E-state index contributed by atoms with van der Waals surface area (Å²) in [5, 5.41) is 4.09. The summed E-state index contributed by atoms with van der Waals surface area (Å²) in [5.74, 6) is 0.224. The van der Waals surface area contributed by atoms with E-state index < -0.39 is 0 Å². The van der Waals surface area contributed by atoms with Gasteiger partial charge in [0, 0.05) is 11.1 Å². The molecule has 1 N–H and O–H groups in total. The van der Waals surface area contributed by atoms with Gasteiger partial charge in [-0.15, -0.1) is 0 Å². The quantitative estimate of drug-likeness (QED) is 0.844. The molecule has 2 aliphatic heterocycles. The van der Waals surface area contributed by atoms with Crippen LogP contribution in [-0.2, 0) is 11.2 Å².